The molecule has 1 aliphatic heterocycles. The molecule has 2 heterocycles. The summed E-state index contributed by atoms with van der Waals surface area (Å²) in [5, 5.41) is 2.83. The highest BCUT2D eigenvalue weighted by Gasteiger charge is 2.22. The van der Waals surface area contributed by atoms with Crippen LogP contribution in [-0.4, -0.2) is 24.0 Å². The van der Waals surface area contributed by atoms with E-state index in [9.17, 15) is 18.4 Å². The van der Waals surface area contributed by atoms with Crippen molar-refractivity contribution in [2.24, 2.45) is 5.92 Å². The Hall–Kier alpha value is -3.16. The average Bonchev–Trinajstić information content (AvgIpc) is 3.04. The van der Waals surface area contributed by atoms with E-state index in [0.717, 1.165) is 18.9 Å². The summed E-state index contributed by atoms with van der Waals surface area (Å²) >= 11 is 0. The lowest BCUT2D eigenvalue weighted by Gasteiger charge is -2.33. The predicted molar refractivity (Wildman–Crippen MR) is 101 cm³/mol. The molecule has 1 amide bonds. The molecule has 1 saturated heterocycles. The van der Waals surface area contributed by atoms with Crippen LogP contribution in [0, 0.1) is 17.6 Å². The smallest absolute Gasteiger partial charge is 0.408 e. The maximum absolute atomic E-state index is 13.4. The Morgan fingerprint density at radius 1 is 1.14 bits per heavy atom. The molecular formula is C20H19F2N3O3. The third kappa shape index (κ3) is 3.90. The number of benzene rings is 2. The number of anilines is 2. The molecule has 3 aromatic rings. The van der Waals surface area contributed by atoms with Gasteiger partial charge in [0, 0.05) is 43.0 Å². The van der Waals surface area contributed by atoms with Crippen LogP contribution in [-0.2, 0) is 4.79 Å². The summed E-state index contributed by atoms with van der Waals surface area (Å²) in [6.45, 7) is 1.37. The highest BCUT2D eigenvalue weighted by atomic mass is 19.2. The summed E-state index contributed by atoms with van der Waals surface area (Å²) in [6.07, 6.45) is 1.96. The third-order valence-electron chi connectivity index (χ3n) is 5.06. The summed E-state index contributed by atoms with van der Waals surface area (Å²) in [7, 11) is 0. The number of aromatic amines is 1. The normalized spacial score (nSPS) is 15.1. The van der Waals surface area contributed by atoms with E-state index in [4.69, 9.17) is 4.42 Å². The van der Waals surface area contributed by atoms with Crippen LogP contribution in [0.25, 0.3) is 11.1 Å². The number of oxazole rings is 1. The van der Waals surface area contributed by atoms with Crippen molar-refractivity contribution >= 4 is 28.4 Å². The summed E-state index contributed by atoms with van der Waals surface area (Å²) < 4.78 is 31.5. The zero-order chi connectivity index (χ0) is 19.7. The fraction of sp³-hybridized carbons (Fsp3) is 0.300. The number of fused-ring (bicyclic) bond motifs is 1. The first-order chi connectivity index (χ1) is 13.5. The molecule has 2 aromatic carbocycles. The number of halogens is 2. The second kappa shape index (κ2) is 7.46. The van der Waals surface area contributed by atoms with Gasteiger partial charge < -0.3 is 14.6 Å². The Labute approximate surface area is 159 Å². The summed E-state index contributed by atoms with van der Waals surface area (Å²) in [4.78, 5) is 28.1. The van der Waals surface area contributed by atoms with Gasteiger partial charge >= 0.3 is 5.76 Å². The van der Waals surface area contributed by atoms with Gasteiger partial charge in [-0.2, -0.15) is 0 Å². The molecule has 0 unspecified atom stereocenters. The van der Waals surface area contributed by atoms with Gasteiger partial charge in [0.15, 0.2) is 17.2 Å². The number of H-pyrrole nitrogens is 1. The highest BCUT2D eigenvalue weighted by molar-refractivity contribution is 5.92. The number of hydrogen-bond acceptors (Lipinski definition) is 4. The van der Waals surface area contributed by atoms with E-state index < -0.39 is 17.4 Å². The lowest BCUT2D eigenvalue weighted by Crippen LogP contribution is -2.35. The molecule has 0 radical (unpaired) electrons. The van der Waals surface area contributed by atoms with Crippen LogP contribution in [0.4, 0.5) is 20.2 Å². The van der Waals surface area contributed by atoms with Gasteiger partial charge in [-0.15, -0.1) is 0 Å². The molecule has 146 valence electrons. The van der Waals surface area contributed by atoms with E-state index >= 15 is 0 Å². The molecule has 0 bridgehead atoms. The van der Waals surface area contributed by atoms with Crippen LogP contribution in [0.2, 0.25) is 0 Å². The number of rotatable bonds is 4. The summed E-state index contributed by atoms with van der Waals surface area (Å²) in [5.41, 5.74) is 2.19. The van der Waals surface area contributed by atoms with Crippen molar-refractivity contribution in [3.05, 3.63) is 58.6 Å². The zero-order valence-corrected chi connectivity index (χ0v) is 15.0. The van der Waals surface area contributed by atoms with E-state index in [2.05, 4.69) is 10.3 Å². The lowest BCUT2D eigenvalue weighted by molar-refractivity contribution is -0.117. The van der Waals surface area contributed by atoms with E-state index in [-0.39, 0.29) is 11.8 Å². The number of nitrogens with one attached hydrogen (secondary N) is 2. The van der Waals surface area contributed by atoms with Crippen molar-refractivity contribution in [1.82, 2.24) is 4.98 Å². The largest absolute Gasteiger partial charge is 0.417 e. The molecule has 0 aliphatic carbocycles. The minimum Gasteiger partial charge on any atom is -0.408 e. The molecule has 2 N–H and O–H groups in total. The average molecular weight is 387 g/mol. The van der Waals surface area contributed by atoms with Gasteiger partial charge in [-0.25, -0.2) is 13.6 Å². The van der Waals surface area contributed by atoms with Crippen LogP contribution in [0.3, 0.4) is 0 Å². The van der Waals surface area contributed by atoms with Crippen molar-refractivity contribution in [2.45, 2.75) is 19.3 Å². The minimum absolute atomic E-state index is 0.108. The Kier molecular flexibility index (Phi) is 4.85. The van der Waals surface area contributed by atoms with Crippen LogP contribution in [0.5, 0.6) is 0 Å². The molecule has 6 nitrogen and oxygen atoms in total. The third-order valence-corrected chi connectivity index (χ3v) is 5.06. The van der Waals surface area contributed by atoms with Gasteiger partial charge in [0.25, 0.3) is 0 Å². The molecule has 1 aliphatic rings. The maximum atomic E-state index is 13.4. The number of carbonyl (C=O) groups excluding carboxylic acids is 1. The van der Waals surface area contributed by atoms with Crippen molar-refractivity contribution in [1.29, 1.82) is 0 Å². The first-order valence-corrected chi connectivity index (χ1v) is 9.10. The van der Waals surface area contributed by atoms with E-state index in [1.54, 1.807) is 24.3 Å². The molecule has 28 heavy (non-hydrogen) atoms. The Morgan fingerprint density at radius 2 is 1.93 bits per heavy atom. The quantitative estimate of drug-likeness (QED) is 0.716. The first kappa shape index (κ1) is 18.2. The molecule has 8 heteroatoms. The van der Waals surface area contributed by atoms with Gasteiger partial charge in [0.1, 0.15) is 0 Å². The summed E-state index contributed by atoms with van der Waals surface area (Å²) in [6, 6.07) is 8.90. The van der Waals surface area contributed by atoms with Crippen LogP contribution < -0.4 is 16.0 Å². The van der Waals surface area contributed by atoms with Crippen LogP contribution >= 0.6 is 0 Å². The van der Waals surface area contributed by atoms with Gasteiger partial charge in [0.05, 0.1) is 5.52 Å². The highest BCUT2D eigenvalue weighted by Crippen LogP contribution is 2.27. The minimum atomic E-state index is -0.854. The molecule has 0 atom stereocenters. The fourth-order valence-electron chi connectivity index (χ4n) is 3.57. The molecule has 0 spiro atoms. The van der Waals surface area contributed by atoms with Crippen molar-refractivity contribution in [2.75, 3.05) is 23.3 Å². The Balaban J connectivity index is 1.31. The number of aromatic nitrogens is 1. The molecule has 4 rings (SSSR count). The SMILES string of the molecule is O=C(CC1CCN(c2ccc(F)c(F)c2)CC1)Nc1ccc2[nH]c(=O)oc2c1. The van der Waals surface area contributed by atoms with E-state index in [0.29, 0.717) is 42.0 Å². The Morgan fingerprint density at radius 3 is 2.68 bits per heavy atom. The number of carbonyl (C=O) groups is 1. The van der Waals surface area contributed by atoms with Gasteiger partial charge in [-0.1, -0.05) is 0 Å². The summed E-state index contributed by atoms with van der Waals surface area (Å²) in [5.74, 6) is -2.13. The number of hydrogen-bond donors (Lipinski definition) is 2. The fourth-order valence-corrected chi connectivity index (χ4v) is 3.57. The molecular weight excluding hydrogens is 368 g/mol. The van der Waals surface area contributed by atoms with Crippen LogP contribution in [0.1, 0.15) is 19.3 Å². The molecule has 0 saturated carbocycles. The maximum Gasteiger partial charge on any atom is 0.417 e. The molecule has 1 aromatic heterocycles. The molecule has 1 fully saturated rings. The second-order valence-electron chi connectivity index (χ2n) is 7.01. The van der Waals surface area contributed by atoms with Crippen LogP contribution in [0.15, 0.2) is 45.6 Å². The standard InChI is InChI=1S/C20H19F2N3O3/c21-15-3-2-14(11-16(15)22)25-7-5-12(6-8-25)9-19(26)23-13-1-4-17-18(10-13)28-20(27)24-17/h1-4,10-12H,5-9H2,(H,23,26)(H,24,27). The van der Waals surface area contributed by atoms with Crippen molar-refractivity contribution in [3.8, 4) is 0 Å². The monoisotopic (exact) mass is 387 g/mol. The second-order valence-corrected chi connectivity index (χ2v) is 7.01. The zero-order valence-electron chi connectivity index (χ0n) is 15.0. The number of amides is 1. The van der Waals surface area contributed by atoms with Gasteiger partial charge in [0.2, 0.25) is 5.91 Å². The predicted octanol–water partition coefficient (Wildman–Crippen LogP) is 3.64. The number of piperidine rings is 1. The van der Waals surface area contributed by atoms with Gasteiger partial charge in [-0.3, -0.25) is 9.78 Å². The lowest BCUT2D eigenvalue weighted by atomic mass is 9.93. The van der Waals surface area contributed by atoms with Gasteiger partial charge in [-0.05, 0) is 43.0 Å². The number of nitrogens with zero attached hydrogens (tertiary/aromatic N) is 1. The van der Waals surface area contributed by atoms with E-state index in [1.807, 2.05) is 4.90 Å². The van der Waals surface area contributed by atoms with Crippen molar-refractivity contribution < 1.29 is 18.0 Å². The topological polar surface area (TPSA) is 78.3 Å². The Bertz CT molecular complexity index is 1070. The van der Waals surface area contributed by atoms with Crippen molar-refractivity contribution in [3.63, 3.8) is 0 Å². The first-order valence-electron chi connectivity index (χ1n) is 9.10. The van der Waals surface area contributed by atoms with E-state index in [1.165, 1.54) is 6.07 Å².